The fourth-order valence-corrected chi connectivity index (χ4v) is 2.71. The SMILES string of the molecule is CNC(=O)CC(NC(=O)CC(NC(C)C)C(=O)NCCCCO)C(=O)NCCCCO. The van der Waals surface area contributed by atoms with E-state index in [1.165, 1.54) is 7.05 Å². The van der Waals surface area contributed by atoms with Gasteiger partial charge in [0, 0.05) is 39.4 Å². The van der Waals surface area contributed by atoms with Gasteiger partial charge in [0.2, 0.25) is 23.6 Å². The third-order valence-electron chi connectivity index (χ3n) is 4.33. The molecular formula is C20H39N5O6. The maximum absolute atomic E-state index is 12.6. The Bertz CT molecular complexity index is 558. The van der Waals surface area contributed by atoms with E-state index in [0.717, 1.165) is 0 Å². The summed E-state index contributed by atoms with van der Waals surface area (Å²) in [5, 5.41) is 31.0. The van der Waals surface area contributed by atoms with Crippen molar-refractivity contribution in [3.8, 4) is 0 Å². The maximum atomic E-state index is 12.6. The number of aliphatic hydroxyl groups is 2. The van der Waals surface area contributed by atoms with Crippen molar-refractivity contribution in [1.29, 1.82) is 0 Å². The smallest absolute Gasteiger partial charge is 0.243 e. The third-order valence-corrected chi connectivity index (χ3v) is 4.33. The van der Waals surface area contributed by atoms with E-state index < -0.39 is 29.8 Å². The van der Waals surface area contributed by atoms with Crippen molar-refractivity contribution < 1.29 is 29.4 Å². The number of nitrogens with one attached hydrogen (secondary N) is 5. The molecule has 7 N–H and O–H groups in total. The van der Waals surface area contributed by atoms with Gasteiger partial charge in [-0.25, -0.2) is 0 Å². The number of amides is 4. The Labute approximate surface area is 184 Å². The zero-order chi connectivity index (χ0) is 23.6. The molecule has 0 radical (unpaired) electrons. The molecule has 0 aliphatic heterocycles. The van der Waals surface area contributed by atoms with E-state index in [4.69, 9.17) is 10.2 Å². The van der Waals surface area contributed by atoms with E-state index in [1.54, 1.807) is 0 Å². The first-order valence-corrected chi connectivity index (χ1v) is 10.8. The summed E-state index contributed by atoms with van der Waals surface area (Å²) in [5.74, 6) is -1.80. The zero-order valence-electron chi connectivity index (χ0n) is 18.8. The number of carbonyl (C=O) groups is 4. The molecule has 2 atom stereocenters. The monoisotopic (exact) mass is 445 g/mol. The summed E-state index contributed by atoms with van der Waals surface area (Å²) in [6.45, 7) is 4.44. The second-order valence-corrected chi connectivity index (χ2v) is 7.52. The van der Waals surface area contributed by atoms with Crippen LogP contribution in [-0.4, -0.2) is 85.3 Å². The molecule has 0 saturated heterocycles. The minimum atomic E-state index is -1.08. The zero-order valence-corrected chi connectivity index (χ0v) is 18.8. The molecule has 2 unspecified atom stereocenters. The van der Waals surface area contributed by atoms with E-state index >= 15 is 0 Å². The van der Waals surface area contributed by atoms with Gasteiger partial charge >= 0.3 is 0 Å². The van der Waals surface area contributed by atoms with Gasteiger partial charge in [0.05, 0.1) is 18.9 Å². The van der Waals surface area contributed by atoms with Crippen LogP contribution in [0, 0.1) is 0 Å². The Kier molecular flexibility index (Phi) is 16.2. The van der Waals surface area contributed by atoms with Crippen LogP contribution in [0.1, 0.15) is 52.4 Å². The molecule has 0 spiro atoms. The fraction of sp³-hybridized carbons (Fsp3) is 0.800. The van der Waals surface area contributed by atoms with E-state index in [9.17, 15) is 19.2 Å². The van der Waals surface area contributed by atoms with Crippen molar-refractivity contribution in [2.45, 2.75) is 70.5 Å². The van der Waals surface area contributed by atoms with Gasteiger partial charge in [-0.15, -0.1) is 0 Å². The molecule has 0 saturated carbocycles. The van der Waals surface area contributed by atoms with Crippen molar-refractivity contribution in [3.63, 3.8) is 0 Å². The summed E-state index contributed by atoms with van der Waals surface area (Å²) in [6.07, 6.45) is 1.85. The normalized spacial score (nSPS) is 12.7. The standard InChI is InChI=1S/C20H39N5O6/c1-14(2)24-15(19(30)22-8-4-6-10-26)13-18(29)25-16(12-17(28)21-3)20(31)23-9-5-7-11-27/h14-16,24,26-27H,4-13H2,1-3H3,(H,21,28)(H,22,30)(H,23,31)(H,25,29). The first-order valence-electron chi connectivity index (χ1n) is 10.8. The molecule has 0 aromatic heterocycles. The molecule has 0 aromatic rings. The highest BCUT2D eigenvalue weighted by Gasteiger charge is 2.27. The van der Waals surface area contributed by atoms with Gasteiger partial charge in [-0.1, -0.05) is 13.8 Å². The number of carbonyl (C=O) groups excluding carboxylic acids is 4. The summed E-state index contributed by atoms with van der Waals surface area (Å²) in [7, 11) is 1.43. The summed E-state index contributed by atoms with van der Waals surface area (Å²) < 4.78 is 0. The highest BCUT2D eigenvalue weighted by molar-refractivity contribution is 5.93. The van der Waals surface area contributed by atoms with Gasteiger partial charge < -0.3 is 36.8 Å². The first kappa shape index (κ1) is 28.8. The van der Waals surface area contributed by atoms with Crippen LogP contribution < -0.4 is 26.6 Å². The molecule has 0 heterocycles. The molecule has 31 heavy (non-hydrogen) atoms. The van der Waals surface area contributed by atoms with Crippen LogP contribution in [0.5, 0.6) is 0 Å². The highest BCUT2D eigenvalue weighted by Crippen LogP contribution is 2.00. The third kappa shape index (κ3) is 14.4. The minimum Gasteiger partial charge on any atom is -0.396 e. The lowest BCUT2D eigenvalue weighted by Gasteiger charge is -2.22. The Balaban J connectivity index is 4.96. The molecule has 11 nitrogen and oxygen atoms in total. The molecule has 11 heteroatoms. The Hall–Kier alpha value is -2.24. The predicted molar refractivity (Wildman–Crippen MR) is 116 cm³/mol. The van der Waals surface area contributed by atoms with Crippen LogP contribution in [0.3, 0.4) is 0 Å². The van der Waals surface area contributed by atoms with Gasteiger partial charge in [-0.2, -0.15) is 0 Å². The summed E-state index contributed by atoms with van der Waals surface area (Å²) in [4.78, 5) is 49.2. The Morgan fingerprint density at radius 3 is 1.68 bits per heavy atom. The van der Waals surface area contributed by atoms with E-state index in [0.29, 0.717) is 38.8 Å². The Morgan fingerprint density at radius 2 is 1.23 bits per heavy atom. The average Bonchev–Trinajstić information content (AvgIpc) is 2.72. The van der Waals surface area contributed by atoms with E-state index in [2.05, 4.69) is 26.6 Å². The van der Waals surface area contributed by atoms with Crippen LogP contribution in [0.15, 0.2) is 0 Å². The van der Waals surface area contributed by atoms with Crippen molar-refractivity contribution >= 4 is 23.6 Å². The van der Waals surface area contributed by atoms with Crippen LogP contribution in [0.2, 0.25) is 0 Å². The summed E-state index contributed by atoms with van der Waals surface area (Å²) in [5.41, 5.74) is 0. The lowest BCUT2D eigenvalue weighted by molar-refractivity contribution is -0.133. The van der Waals surface area contributed by atoms with Crippen molar-refractivity contribution in [2.75, 3.05) is 33.4 Å². The largest absolute Gasteiger partial charge is 0.396 e. The lowest BCUT2D eigenvalue weighted by Crippen LogP contribution is -2.53. The minimum absolute atomic E-state index is 0.0145. The van der Waals surface area contributed by atoms with E-state index in [-0.39, 0.29) is 38.0 Å². The predicted octanol–water partition coefficient (Wildman–Crippen LogP) is -1.86. The molecule has 180 valence electrons. The molecule has 4 amide bonds. The second kappa shape index (κ2) is 17.4. The number of hydrogen-bond acceptors (Lipinski definition) is 7. The van der Waals surface area contributed by atoms with Crippen LogP contribution in [-0.2, 0) is 19.2 Å². The maximum Gasteiger partial charge on any atom is 0.243 e. The molecule has 0 aliphatic rings. The van der Waals surface area contributed by atoms with Crippen LogP contribution in [0.4, 0.5) is 0 Å². The first-order chi connectivity index (χ1) is 14.7. The average molecular weight is 446 g/mol. The highest BCUT2D eigenvalue weighted by atomic mass is 16.3. The molecule has 0 rings (SSSR count). The molecular weight excluding hydrogens is 406 g/mol. The molecule has 0 bridgehead atoms. The van der Waals surface area contributed by atoms with E-state index in [1.807, 2.05) is 13.8 Å². The van der Waals surface area contributed by atoms with Crippen LogP contribution >= 0.6 is 0 Å². The fourth-order valence-electron chi connectivity index (χ4n) is 2.71. The topological polar surface area (TPSA) is 169 Å². The summed E-state index contributed by atoms with van der Waals surface area (Å²) in [6, 6.07) is -1.94. The number of hydrogen-bond donors (Lipinski definition) is 7. The number of aliphatic hydroxyl groups excluding tert-OH is 2. The van der Waals surface area contributed by atoms with Crippen molar-refractivity contribution in [3.05, 3.63) is 0 Å². The summed E-state index contributed by atoms with van der Waals surface area (Å²) >= 11 is 0. The van der Waals surface area contributed by atoms with Crippen molar-refractivity contribution in [2.24, 2.45) is 0 Å². The molecule has 0 aromatic carbocycles. The molecule has 0 fully saturated rings. The number of unbranched alkanes of at least 4 members (excludes halogenated alkanes) is 2. The lowest BCUT2D eigenvalue weighted by atomic mass is 10.1. The second-order valence-electron chi connectivity index (χ2n) is 7.52. The Morgan fingerprint density at radius 1 is 0.742 bits per heavy atom. The van der Waals surface area contributed by atoms with Gasteiger partial charge in [0.15, 0.2) is 0 Å². The number of rotatable bonds is 17. The van der Waals surface area contributed by atoms with Gasteiger partial charge in [-0.05, 0) is 25.7 Å². The van der Waals surface area contributed by atoms with Gasteiger partial charge in [0.1, 0.15) is 6.04 Å². The van der Waals surface area contributed by atoms with Crippen molar-refractivity contribution in [1.82, 2.24) is 26.6 Å². The quantitative estimate of drug-likeness (QED) is 0.129. The van der Waals surface area contributed by atoms with Gasteiger partial charge in [-0.3, -0.25) is 19.2 Å². The molecule has 0 aliphatic carbocycles. The van der Waals surface area contributed by atoms with Crippen LogP contribution in [0.25, 0.3) is 0 Å². The van der Waals surface area contributed by atoms with Gasteiger partial charge in [0.25, 0.3) is 0 Å².